The number of aromatic nitrogens is 2. The number of alkyl halides is 3. The third-order valence-electron chi connectivity index (χ3n) is 3.72. The van der Waals surface area contributed by atoms with E-state index in [1.165, 1.54) is 12.1 Å². The van der Waals surface area contributed by atoms with E-state index in [2.05, 4.69) is 10.4 Å². The second-order valence-corrected chi connectivity index (χ2v) is 6.00. The number of halogens is 3. The Morgan fingerprint density at radius 1 is 1.19 bits per heavy atom. The summed E-state index contributed by atoms with van der Waals surface area (Å²) in [6, 6.07) is 6.77. The maximum absolute atomic E-state index is 12.9. The number of aldehydes is 1. The monoisotopic (exact) mass is 375 g/mol. The Hall–Kier alpha value is -3.09. The number of benzene rings is 1. The first-order valence-electron chi connectivity index (χ1n) is 8.16. The molecule has 2 aromatic rings. The molecule has 0 aliphatic heterocycles. The third kappa shape index (κ3) is 5.70. The summed E-state index contributed by atoms with van der Waals surface area (Å²) in [6.45, 7) is 3.71. The van der Waals surface area contributed by atoms with Crippen LogP contribution in [0.5, 0.6) is 0 Å². The van der Waals surface area contributed by atoms with E-state index in [1.807, 2.05) is 26.0 Å². The number of nitrogens with zero attached hydrogens (tertiary/aromatic N) is 2. The van der Waals surface area contributed by atoms with E-state index in [4.69, 9.17) is 0 Å². The van der Waals surface area contributed by atoms with Crippen molar-refractivity contribution in [2.24, 2.45) is 7.05 Å². The molecule has 7 heteroatoms. The highest BCUT2D eigenvalue weighted by Gasteiger charge is 2.30. The first kappa shape index (κ1) is 20.2. The van der Waals surface area contributed by atoms with Crippen LogP contribution in [0.25, 0.3) is 11.3 Å². The van der Waals surface area contributed by atoms with Crippen molar-refractivity contribution < 1.29 is 18.0 Å². The third-order valence-corrected chi connectivity index (χ3v) is 3.72. The number of carbonyl (C=O) groups is 1. The summed E-state index contributed by atoms with van der Waals surface area (Å²) in [7, 11) is 1.71. The molecule has 1 heterocycles. The fourth-order valence-corrected chi connectivity index (χ4v) is 2.33. The number of hydrogen-bond acceptors (Lipinski definition) is 3. The molecule has 0 saturated carbocycles. The van der Waals surface area contributed by atoms with Gasteiger partial charge in [0, 0.05) is 24.4 Å². The van der Waals surface area contributed by atoms with Gasteiger partial charge in [-0.2, -0.15) is 18.3 Å². The maximum atomic E-state index is 12.9. The molecule has 0 aliphatic carbocycles. The minimum absolute atomic E-state index is 0.393. The van der Waals surface area contributed by atoms with E-state index >= 15 is 0 Å². The summed E-state index contributed by atoms with van der Waals surface area (Å²) in [5, 5.41) is 7.44. The van der Waals surface area contributed by atoms with Crippen LogP contribution in [0.4, 0.5) is 19.0 Å². The minimum atomic E-state index is -4.40. The Labute approximate surface area is 155 Å². The van der Waals surface area contributed by atoms with Gasteiger partial charge in [-0.1, -0.05) is 29.9 Å². The van der Waals surface area contributed by atoms with Crippen LogP contribution in [0.2, 0.25) is 0 Å². The lowest BCUT2D eigenvalue weighted by Gasteiger charge is -2.07. The molecule has 0 bridgehead atoms. The van der Waals surface area contributed by atoms with Crippen LogP contribution in [-0.2, 0) is 18.0 Å². The molecule has 0 atom stereocenters. The van der Waals surface area contributed by atoms with Crippen molar-refractivity contribution in [3.8, 4) is 11.3 Å². The zero-order valence-corrected chi connectivity index (χ0v) is 15.2. The van der Waals surface area contributed by atoms with Gasteiger partial charge in [0.15, 0.2) is 0 Å². The van der Waals surface area contributed by atoms with Crippen molar-refractivity contribution in [3.05, 3.63) is 71.5 Å². The lowest BCUT2D eigenvalue weighted by molar-refractivity contribution is -0.137. The smallest absolute Gasteiger partial charge is 0.344 e. The molecule has 1 aromatic heterocycles. The van der Waals surface area contributed by atoms with Crippen LogP contribution >= 0.6 is 0 Å². The Morgan fingerprint density at radius 2 is 1.93 bits per heavy atom. The molecule has 0 spiro atoms. The average molecular weight is 375 g/mol. The second-order valence-electron chi connectivity index (χ2n) is 6.00. The zero-order chi connectivity index (χ0) is 20.0. The minimum Gasteiger partial charge on any atom is -0.344 e. The number of aryl methyl sites for hydroxylation is 1. The molecule has 0 aliphatic rings. The number of allylic oxidation sites excluding steroid dienone is 6. The first-order valence-corrected chi connectivity index (χ1v) is 8.16. The molecular formula is C20H20F3N3O. The average Bonchev–Trinajstić information content (AvgIpc) is 2.98. The Bertz CT molecular complexity index is 905. The molecule has 2 rings (SSSR count). The summed E-state index contributed by atoms with van der Waals surface area (Å²) >= 11 is 0. The van der Waals surface area contributed by atoms with Crippen molar-refractivity contribution in [1.29, 1.82) is 0 Å². The molecule has 27 heavy (non-hydrogen) atoms. The van der Waals surface area contributed by atoms with Gasteiger partial charge in [0.05, 0.1) is 11.3 Å². The SMILES string of the molecule is CC(=C/C=C(\C)Nc1cc(-c2cccc(C(F)(F)F)c2)nn1C)/C=C/C=O. The fraction of sp³-hybridized carbons (Fsp3) is 0.200. The van der Waals surface area contributed by atoms with E-state index in [-0.39, 0.29) is 0 Å². The van der Waals surface area contributed by atoms with E-state index in [0.29, 0.717) is 23.4 Å². The van der Waals surface area contributed by atoms with E-state index in [1.54, 1.807) is 29.9 Å². The van der Waals surface area contributed by atoms with Crippen LogP contribution in [0, 0.1) is 0 Å². The molecule has 1 aromatic carbocycles. The zero-order valence-electron chi connectivity index (χ0n) is 15.2. The Balaban J connectivity index is 2.22. The molecular weight excluding hydrogens is 355 g/mol. The summed E-state index contributed by atoms with van der Waals surface area (Å²) < 4.78 is 40.2. The molecule has 0 amide bonds. The van der Waals surface area contributed by atoms with E-state index < -0.39 is 11.7 Å². The second kappa shape index (κ2) is 8.53. The summed E-state index contributed by atoms with van der Waals surface area (Å²) in [4.78, 5) is 10.3. The lowest BCUT2D eigenvalue weighted by atomic mass is 10.1. The van der Waals surface area contributed by atoms with Gasteiger partial charge in [0.25, 0.3) is 0 Å². The number of carbonyl (C=O) groups excluding carboxylic acids is 1. The highest BCUT2D eigenvalue weighted by atomic mass is 19.4. The fourth-order valence-electron chi connectivity index (χ4n) is 2.33. The summed E-state index contributed by atoms with van der Waals surface area (Å²) in [6.07, 6.45) is 3.08. The molecule has 0 fully saturated rings. The molecule has 0 unspecified atom stereocenters. The topological polar surface area (TPSA) is 46.9 Å². The number of anilines is 1. The standard InChI is InChI=1S/C20H20F3N3O/c1-14(6-5-11-27)9-10-15(2)24-19-13-18(25-26(19)3)16-7-4-8-17(12-16)20(21,22)23/h4-13,24H,1-3H3/b6-5+,14-9-,15-10+. The highest BCUT2D eigenvalue weighted by Crippen LogP contribution is 2.32. The van der Waals surface area contributed by atoms with Gasteiger partial charge < -0.3 is 5.32 Å². The van der Waals surface area contributed by atoms with Crippen LogP contribution in [0.3, 0.4) is 0 Å². The van der Waals surface area contributed by atoms with Gasteiger partial charge >= 0.3 is 6.18 Å². The van der Waals surface area contributed by atoms with Crippen LogP contribution in [0.15, 0.2) is 65.9 Å². The summed E-state index contributed by atoms with van der Waals surface area (Å²) in [5.74, 6) is 0.644. The van der Waals surface area contributed by atoms with E-state index in [9.17, 15) is 18.0 Å². The van der Waals surface area contributed by atoms with Gasteiger partial charge in [0.2, 0.25) is 0 Å². The van der Waals surface area contributed by atoms with Gasteiger partial charge in [-0.15, -0.1) is 0 Å². The molecule has 1 N–H and O–H groups in total. The van der Waals surface area contributed by atoms with Crippen molar-refractivity contribution >= 4 is 12.1 Å². The van der Waals surface area contributed by atoms with Gasteiger partial charge in [-0.3, -0.25) is 9.48 Å². The van der Waals surface area contributed by atoms with Crippen molar-refractivity contribution in [1.82, 2.24) is 9.78 Å². The van der Waals surface area contributed by atoms with E-state index in [0.717, 1.165) is 23.4 Å². The number of rotatable bonds is 6. The highest BCUT2D eigenvalue weighted by molar-refractivity contribution is 5.66. The number of hydrogen-bond donors (Lipinski definition) is 1. The number of nitrogens with one attached hydrogen (secondary N) is 1. The van der Waals surface area contributed by atoms with Crippen LogP contribution < -0.4 is 5.32 Å². The molecule has 142 valence electrons. The normalized spacial score (nSPS) is 13.3. The van der Waals surface area contributed by atoms with Crippen LogP contribution in [-0.4, -0.2) is 16.1 Å². The molecule has 0 saturated heterocycles. The quantitative estimate of drug-likeness (QED) is 0.433. The van der Waals surface area contributed by atoms with Gasteiger partial charge in [0.1, 0.15) is 12.1 Å². The molecule has 0 radical (unpaired) electrons. The van der Waals surface area contributed by atoms with Crippen molar-refractivity contribution in [2.75, 3.05) is 5.32 Å². The lowest BCUT2D eigenvalue weighted by Crippen LogP contribution is -2.04. The van der Waals surface area contributed by atoms with Crippen molar-refractivity contribution in [3.63, 3.8) is 0 Å². The largest absolute Gasteiger partial charge is 0.416 e. The predicted molar refractivity (Wildman–Crippen MR) is 100.0 cm³/mol. The van der Waals surface area contributed by atoms with Crippen molar-refractivity contribution in [2.45, 2.75) is 20.0 Å². The summed E-state index contributed by atoms with van der Waals surface area (Å²) in [5.41, 5.74) is 1.84. The van der Waals surface area contributed by atoms with Crippen LogP contribution in [0.1, 0.15) is 19.4 Å². The molecule has 4 nitrogen and oxygen atoms in total. The Kier molecular flexibility index (Phi) is 6.39. The predicted octanol–water partition coefficient (Wildman–Crippen LogP) is 5.12. The van der Waals surface area contributed by atoms with Gasteiger partial charge in [-0.25, -0.2) is 0 Å². The maximum Gasteiger partial charge on any atom is 0.416 e. The van der Waals surface area contributed by atoms with Gasteiger partial charge in [-0.05, 0) is 38.1 Å². The Morgan fingerprint density at radius 3 is 2.59 bits per heavy atom. The first-order chi connectivity index (χ1) is 12.7.